The van der Waals surface area contributed by atoms with E-state index in [0.29, 0.717) is 23.9 Å². The number of benzene rings is 2. The van der Waals surface area contributed by atoms with Crippen LogP contribution in [0.15, 0.2) is 42.5 Å². The highest BCUT2D eigenvalue weighted by Gasteiger charge is 2.12. The second-order valence-electron chi connectivity index (χ2n) is 7.12. The Labute approximate surface area is 171 Å². The van der Waals surface area contributed by atoms with Gasteiger partial charge in [0.25, 0.3) is 5.91 Å². The van der Waals surface area contributed by atoms with Crippen molar-refractivity contribution in [1.82, 2.24) is 15.3 Å². The van der Waals surface area contributed by atoms with Crippen molar-refractivity contribution in [2.45, 2.75) is 34.2 Å². The zero-order chi connectivity index (χ0) is 21.0. The van der Waals surface area contributed by atoms with E-state index >= 15 is 0 Å². The van der Waals surface area contributed by atoms with E-state index in [-0.39, 0.29) is 5.91 Å². The highest BCUT2D eigenvalue weighted by Crippen LogP contribution is 2.25. The molecule has 150 valence electrons. The van der Waals surface area contributed by atoms with Crippen LogP contribution in [0.25, 0.3) is 0 Å². The fraction of sp³-hybridized carbons (Fsp3) is 0.261. The van der Waals surface area contributed by atoms with Crippen LogP contribution < -0.4 is 15.4 Å². The Kier molecular flexibility index (Phi) is 6.12. The molecule has 0 fully saturated rings. The molecule has 0 aliphatic carbocycles. The summed E-state index contributed by atoms with van der Waals surface area (Å²) in [5.74, 6) is 1.67. The first kappa shape index (κ1) is 20.3. The van der Waals surface area contributed by atoms with Gasteiger partial charge in [0.05, 0.1) is 7.11 Å². The number of methoxy groups -OCH3 is 1. The van der Waals surface area contributed by atoms with Crippen LogP contribution in [0, 0.1) is 27.7 Å². The molecular formula is C23H26N4O2. The van der Waals surface area contributed by atoms with E-state index in [1.807, 2.05) is 24.3 Å². The maximum absolute atomic E-state index is 12.6. The van der Waals surface area contributed by atoms with E-state index in [0.717, 1.165) is 28.1 Å². The summed E-state index contributed by atoms with van der Waals surface area (Å²) in [6.07, 6.45) is 0. The molecule has 0 spiro atoms. The summed E-state index contributed by atoms with van der Waals surface area (Å²) in [5.41, 5.74) is 5.78. The number of hydrogen-bond acceptors (Lipinski definition) is 5. The quantitative estimate of drug-likeness (QED) is 0.653. The molecule has 0 atom stereocenters. The van der Waals surface area contributed by atoms with Gasteiger partial charge < -0.3 is 15.4 Å². The summed E-state index contributed by atoms with van der Waals surface area (Å²) in [4.78, 5) is 21.4. The highest BCUT2D eigenvalue weighted by atomic mass is 16.5. The van der Waals surface area contributed by atoms with Crippen molar-refractivity contribution in [3.05, 3.63) is 76.2 Å². The number of hydrogen-bond donors (Lipinski definition) is 2. The van der Waals surface area contributed by atoms with Crippen molar-refractivity contribution >= 4 is 17.4 Å². The van der Waals surface area contributed by atoms with Crippen LogP contribution in [0.2, 0.25) is 0 Å². The average molecular weight is 390 g/mol. The van der Waals surface area contributed by atoms with Gasteiger partial charge in [0, 0.05) is 18.3 Å². The Morgan fingerprint density at radius 3 is 2.24 bits per heavy atom. The Balaban J connectivity index is 1.75. The first-order chi connectivity index (χ1) is 13.9. The topological polar surface area (TPSA) is 76.1 Å². The lowest BCUT2D eigenvalue weighted by molar-refractivity contribution is 0.0945. The van der Waals surface area contributed by atoms with Gasteiger partial charge in [-0.25, -0.2) is 9.97 Å². The van der Waals surface area contributed by atoms with E-state index in [1.54, 1.807) is 20.1 Å². The molecule has 0 aliphatic rings. The van der Waals surface area contributed by atoms with E-state index < -0.39 is 0 Å². The molecule has 0 unspecified atom stereocenters. The predicted octanol–water partition coefficient (Wildman–Crippen LogP) is 4.39. The molecule has 2 N–H and O–H groups in total. The first-order valence-electron chi connectivity index (χ1n) is 9.47. The molecule has 1 amide bonds. The Hall–Kier alpha value is -3.41. The molecule has 3 rings (SSSR count). The van der Waals surface area contributed by atoms with Gasteiger partial charge in [-0.15, -0.1) is 0 Å². The third kappa shape index (κ3) is 5.10. The Morgan fingerprint density at radius 1 is 0.966 bits per heavy atom. The van der Waals surface area contributed by atoms with Crippen molar-refractivity contribution in [3.8, 4) is 5.75 Å². The van der Waals surface area contributed by atoms with Gasteiger partial charge in [-0.3, -0.25) is 4.79 Å². The third-order valence-electron chi connectivity index (χ3n) is 4.61. The lowest BCUT2D eigenvalue weighted by Gasteiger charge is -2.14. The van der Waals surface area contributed by atoms with E-state index in [4.69, 9.17) is 4.74 Å². The third-order valence-corrected chi connectivity index (χ3v) is 4.61. The summed E-state index contributed by atoms with van der Waals surface area (Å²) in [5, 5.41) is 6.25. The zero-order valence-electron chi connectivity index (χ0n) is 17.5. The van der Waals surface area contributed by atoms with Gasteiger partial charge in [-0.2, -0.15) is 0 Å². The number of carbonyl (C=O) groups excluding carboxylic acids is 1. The van der Waals surface area contributed by atoms with E-state index in [1.165, 1.54) is 5.56 Å². The summed E-state index contributed by atoms with van der Waals surface area (Å²) in [6, 6.07) is 13.5. The molecule has 0 saturated heterocycles. The van der Waals surface area contributed by atoms with Crippen LogP contribution in [0.4, 0.5) is 11.5 Å². The number of rotatable bonds is 6. The SMILES string of the molecule is COc1ccc(CNC(=O)c2cc(Nc3c(C)cc(C)cc3C)nc(C)n2)cc1. The van der Waals surface area contributed by atoms with Gasteiger partial charge in [0.2, 0.25) is 0 Å². The second-order valence-corrected chi connectivity index (χ2v) is 7.12. The summed E-state index contributed by atoms with van der Waals surface area (Å²) >= 11 is 0. The van der Waals surface area contributed by atoms with Crippen LogP contribution in [0.3, 0.4) is 0 Å². The van der Waals surface area contributed by atoms with Crippen molar-refractivity contribution in [2.75, 3.05) is 12.4 Å². The van der Waals surface area contributed by atoms with Crippen molar-refractivity contribution in [2.24, 2.45) is 0 Å². The molecule has 1 heterocycles. The molecule has 6 nitrogen and oxygen atoms in total. The van der Waals surface area contributed by atoms with Crippen molar-refractivity contribution in [1.29, 1.82) is 0 Å². The minimum atomic E-state index is -0.244. The van der Waals surface area contributed by atoms with Crippen LogP contribution in [0.5, 0.6) is 5.75 Å². The lowest BCUT2D eigenvalue weighted by atomic mass is 10.1. The molecule has 0 saturated carbocycles. The van der Waals surface area contributed by atoms with Crippen LogP contribution in [0.1, 0.15) is 38.6 Å². The fourth-order valence-electron chi connectivity index (χ4n) is 3.27. The predicted molar refractivity (Wildman–Crippen MR) is 115 cm³/mol. The van der Waals surface area contributed by atoms with E-state index in [9.17, 15) is 4.79 Å². The van der Waals surface area contributed by atoms with Gasteiger partial charge in [0.15, 0.2) is 0 Å². The normalized spacial score (nSPS) is 10.5. The minimum absolute atomic E-state index is 0.244. The van der Waals surface area contributed by atoms with Crippen molar-refractivity contribution in [3.63, 3.8) is 0 Å². The van der Waals surface area contributed by atoms with Crippen molar-refractivity contribution < 1.29 is 9.53 Å². The molecule has 0 bridgehead atoms. The van der Waals surface area contributed by atoms with Crippen LogP contribution in [-0.2, 0) is 6.54 Å². The Morgan fingerprint density at radius 2 is 1.62 bits per heavy atom. The average Bonchev–Trinajstić information content (AvgIpc) is 2.69. The molecular weight excluding hydrogens is 364 g/mol. The second kappa shape index (κ2) is 8.73. The molecule has 0 radical (unpaired) electrons. The monoisotopic (exact) mass is 390 g/mol. The number of anilines is 2. The van der Waals surface area contributed by atoms with Gasteiger partial charge in [-0.1, -0.05) is 29.8 Å². The van der Waals surface area contributed by atoms with Gasteiger partial charge >= 0.3 is 0 Å². The lowest BCUT2D eigenvalue weighted by Crippen LogP contribution is -2.24. The number of amides is 1. The number of aromatic nitrogens is 2. The number of aryl methyl sites for hydroxylation is 4. The minimum Gasteiger partial charge on any atom is -0.497 e. The van der Waals surface area contributed by atoms with E-state index in [2.05, 4.69) is 53.5 Å². The zero-order valence-corrected chi connectivity index (χ0v) is 17.5. The number of ether oxygens (including phenoxy) is 1. The molecule has 2 aromatic carbocycles. The molecule has 3 aromatic rings. The fourth-order valence-corrected chi connectivity index (χ4v) is 3.27. The van der Waals surface area contributed by atoms with Gasteiger partial charge in [-0.05, 0) is 56.5 Å². The molecule has 0 aliphatic heterocycles. The summed E-state index contributed by atoms with van der Waals surface area (Å²) < 4.78 is 5.15. The standard InChI is InChI=1S/C23H26N4O2/c1-14-10-15(2)22(16(3)11-14)27-21-12-20(25-17(4)26-21)23(28)24-13-18-6-8-19(29-5)9-7-18/h6-12H,13H2,1-5H3,(H,24,28)(H,25,26,27). The largest absolute Gasteiger partial charge is 0.497 e. The smallest absolute Gasteiger partial charge is 0.270 e. The highest BCUT2D eigenvalue weighted by molar-refractivity contribution is 5.93. The maximum Gasteiger partial charge on any atom is 0.270 e. The molecule has 1 aromatic heterocycles. The summed E-state index contributed by atoms with van der Waals surface area (Å²) in [6.45, 7) is 8.37. The molecule has 29 heavy (non-hydrogen) atoms. The number of nitrogens with zero attached hydrogens (tertiary/aromatic N) is 2. The van der Waals surface area contributed by atoms with Crippen LogP contribution >= 0.6 is 0 Å². The number of carbonyl (C=O) groups is 1. The summed E-state index contributed by atoms with van der Waals surface area (Å²) in [7, 11) is 1.62. The molecule has 6 heteroatoms. The van der Waals surface area contributed by atoms with Crippen LogP contribution in [-0.4, -0.2) is 23.0 Å². The first-order valence-corrected chi connectivity index (χ1v) is 9.47. The number of nitrogens with one attached hydrogen (secondary N) is 2. The Bertz CT molecular complexity index is 1010. The maximum atomic E-state index is 12.6. The van der Waals surface area contributed by atoms with Gasteiger partial charge in [0.1, 0.15) is 23.1 Å².